The van der Waals surface area contributed by atoms with Crippen LogP contribution in [0.5, 0.6) is 5.75 Å². The Balaban J connectivity index is 1.53. The van der Waals surface area contributed by atoms with Crippen molar-refractivity contribution in [1.82, 2.24) is 4.90 Å². The Hall–Kier alpha value is -2.69. The second kappa shape index (κ2) is 6.15. The molecule has 4 atom stereocenters. The molecule has 1 fully saturated rings. The Morgan fingerprint density at radius 3 is 2.72 bits per heavy atom. The molecule has 0 saturated carbocycles. The number of piperidine rings is 1. The maximum atomic E-state index is 6.84. The monoisotopic (exact) mass is 384 g/mol. The van der Waals surface area contributed by atoms with Crippen LogP contribution in [-0.4, -0.2) is 36.6 Å². The summed E-state index contributed by atoms with van der Waals surface area (Å²) < 4.78 is 13.1. The number of hydrogen-bond donors (Lipinski definition) is 0. The minimum Gasteiger partial charge on any atom is -0.464 e. The van der Waals surface area contributed by atoms with E-state index in [0.717, 1.165) is 23.2 Å². The highest BCUT2D eigenvalue weighted by molar-refractivity contribution is 5.98. The van der Waals surface area contributed by atoms with Crippen LogP contribution in [0, 0.1) is 0 Å². The van der Waals surface area contributed by atoms with Crippen LogP contribution in [0.3, 0.4) is 0 Å². The highest BCUT2D eigenvalue weighted by Gasteiger charge is 2.60. The normalized spacial score (nSPS) is 29.7. The lowest BCUT2D eigenvalue weighted by Crippen LogP contribution is -2.67. The zero-order chi connectivity index (χ0) is 19.6. The first kappa shape index (κ1) is 17.2. The highest BCUT2D eigenvalue weighted by Crippen LogP contribution is 2.57. The first-order chi connectivity index (χ1) is 14.2. The SMILES string of the molecule is CCO[C@H]1C[C@@H]2c3ccccc3[C@H]1C1(C=Nc3c(ccc4ccccc34)O1)N2C. The van der Waals surface area contributed by atoms with E-state index < -0.39 is 5.72 Å². The summed E-state index contributed by atoms with van der Waals surface area (Å²) in [6.07, 6.45) is 3.13. The highest BCUT2D eigenvalue weighted by atomic mass is 16.5. The molecule has 0 amide bonds. The average Bonchev–Trinajstić information content (AvgIpc) is 2.77. The lowest BCUT2D eigenvalue weighted by molar-refractivity contribution is -0.153. The van der Waals surface area contributed by atoms with E-state index in [4.69, 9.17) is 14.5 Å². The van der Waals surface area contributed by atoms with Crippen LogP contribution < -0.4 is 4.74 Å². The fourth-order valence-corrected chi connectivity index (χ4v) is 5.60. The largest absolute Gasteiger partial charge is 0.464 e. The first-order valence-corrected chi connectivity index (χ1v) is 10.4. The lowest BCUT2D eigenvalue weighted by Gasteiger charge is -2.59. The summed E-state index contributed by atoms with van der Waals surface area (Å²) in [5.74, 6) is 0.926. The molecule has 1 unspecified atom stereocenters. The maximum absolute atomic E-state index is 6.84. The predicted octanol–water partition coefficient (Wildman–Crippen LogP) is 5.21. The van der Waals surface area contributed by atoms with Gasteiger partial charge in [0.05, 0.1) is 18.2 Å². The molecule has 1 saturated heterocycles. The number of hydrogen-bond acceptors (Lipinski definition) is 4. The molecule has 1 spiro atoms. The molecule has 7 rings (SSSR count). The molecule has 4 heteroatoms. The minimum absolute atomic E-state index is 0.0806. The van der Waals surface area contributed by atoms with Crippen LogP contribution in [0.2, 0.25) is 0 Å². The van der Waals surface area contributed by atoms with Crippen molar-refractivity contribution in [3.05, 3.63) is 71.8 Å². The number of nitrogens with zero attached hydrogens (tertiary/aromatic N) is 2. The number of benzene rings is 3. The zero-order valence-corrected chi connectivity index (χ0v) is 16.7. The Kier molecular flexibility index (Phi) is 3.65. The van der Waals surface area contributed by atoms with Gasteiger partial charge in [-0.1, -0.05) is 54.6 Å². The molecule has 0 N–H and O–H groups in total. The summed E-state index contributed by atoms with van der Waals surface area (Å²) in [4.78, 5) is 7.35. The van der Waals surface area contributed by atoms with Crippen LogP contribution >= 0.6 is 0 Å². The van der Waals surface area contributed by atoms with Gasteiger partial charge in [-0.15, -0.1) is 0 Å². The summed E-state index contributed by atoms with van der Waals surface area (Å²) in [6, 6.07) is 21.5. The fourth-order valence-electron chi connectivity index (χ4n) is 5.60. The quantitative estimate of drug-likeness (QED) is 0.608. The van der Waals surface area contributed by atoms with E-state index in [1.54, 1.807) is 0 Å². The molecule has 29 heavy (non-hydrogen) atoms. The van der Waals surface area contributed by atoms with Crippen LogP contribution in [0.1, 0.15) is 36.4 Å². The third-order valence-electron chi connectivity index (χ3n) is 6.88. The number of likely N-dealkylation sites (N-methyl/N-ethyl adjacent to an activating group) is 1. The van der Waals surface area contributed by atoms with E-state index in [0.29, 0.717) is 6.61 Å². The topological polar surface area (TPSA) is 34.1 Å². The van der Waals surface area contributed by atoms with Crippen molar-refractivity contribution in [1.29, 1.82) is 0 Å². The van der Waals surface area contributed by atoms with Gasteiger partial charge in [0.1, 0.15) is 11.4 Å². The molecule has 3 aliphatic heterocycles. The van der Waals surface area contributed by atoms with Gasteiger partial charge in [-0.25, -0.2) is 0 Å². The Morgan fingerprint density at radius 1 is 1.07 bits per heavy atom. The van der Waals surface area contributed by atoms with Crippen molar-refractivity contribution in [2.75, 3.05) is 13.7 Å². The number of fused-ring (bicyclic) bond motifs is 4. The third kappa shape index (κ3) is 2.24. The van der Waals surface area contributed by atoms with E-state index in [9.17, 15) is 0 Å². The van der Waals surface area contributed by atoms with Gasteiger partial charge in [-0.3, -0.25) is 9.89 Å². The van der Waals surface area contributed by atoms with Gasteiger partial charge >= 0.3 is 0 Å². The van der Waals surface area contributed by atoms with Crippen molar-refractivity contribution in [2.45, 2.75) is 37.1 Å². The molecular formula is C25H24N2O2. The number of aliphatic imine (C=N–C) groups is 1. The van der Waals surface area contributed by atoms with Crippen molar-refractivity contribution in [3.8, 4) is 5.75 Å². The van der Waals surface area contributed by atoms with E-state index >= 15 is 0 Å². The fraction of sp³-hybridized carbons (Fsp3) is 0.320. The molecule has 0 aromatic heterocycles. The molecule has 3 aromatic rings. The van der Waals surface area contributed by atoms with Gasteiger partial charge < -0.3 is 9.47 Å². The Bertz CT molecular complexity index is 1140. The average molecular weight is 384 g/mol. The van der Waals surface area contributed by atoms with Crippen LogP contribution in [0.15, 0.2) is 65.7 Å². The summed E-state index contributed by atoms with van der Waals surface area (Å²) >= 11 is 0. The molecule has 146 valence electrons. The smallest absolute Gasteiger partial charge is 0.209 e. The second-order valence-corrected chi connectivity index (χ2v) is 8.21. The number of rotatable bonds is 2. The van der Waals surface area contributed by atoms with Gasteiger partial charge in [0.2, 0.25) is 5.72 Å². The summed E-state index contributed by atoms with van der Waals surface area (Å²) in [5.41, 5.74) is 3.01. The maximum Gasteiger partial charge on any atom is 0.209 e. The van der Waals surface area contributed by atoms with Gasteiger partial charge in [0.25, 0.3) is 0 Å². The lowest BCUT2D eigenvalue weighted by atomic mass is 9.67. The molecular weight excluding hydrogens is 360 g/mol. The summed E-state index contributed by atoms with van der Waals surface area (Å²) in [6.45, 7) is 2.77. The van der Waals surface area contributed by atoms with Crippen molar-refractivity contribution in [3.63, 3.8) is 0 Å². The van der Waals surface area contributed by atoms with Crippen molar-refractivity contribution >= 4 is 22.7 Å². The third-order valence-corrected chi connectivity index (χ3v) is 6.88. The second-order valence-electron chi connectivity index (χ2n) is 8.21. The zero-order valence-electron chi connectivity index (χ0n) is 16.7. The summed E-state index contributed by atoms with van der Waals surface area (Å²) in [5, 5.41) is 2.31. The Labute approximate surface area is 170 Å². The first-order valence-electron chi connectivity index (χ1n) is 10.4. The molecule has 1 aliphatic carbocycles. The van der Waals surface area contributed by atoms with Gasteiger partial charge in [0.15, 0.2) is 0 Å². The van der Waals surface area contributed by atoms with Crippen LogP contribution in [-0.2, 0) is 4.74 Å². The van der Waals surface area contributed by atoms with E-state index in [1.165, 1.54) is 16.5 Å². The Morgan fingerprint density at radius 2 is 1.86 bits per heavy atom. The molecule has 2 bridgehead atoms. The van der Waals surface area contributed by atoms with Crippen LogP contribution in [0.25, 0.3) is 10.8 Å². The van der Waals surface area contributed by atoms with Crippen molar-refractivity contribution < 1.29 is 9.47 Å². The van der Waals surface area contributed by atoms with Gasteiger partial charge in [-0.05, 0) is 43.0 Å². The van der Waals surface area contributed by atoms with Gasteiger partial charge in [0, 0.05) is 18.0 Å². The predicted molar refractivity (Wildman–Crippen MR) is 115 cm³/mol. The van der Waals surface area contributed by atoms with Crippen LogP contribution in [0.4, 0.5) is 5.69 Å². The summed E-state index contributed by atoms with van der Waals surface area (Å²) in [7, 11) is 2.16. The molecule has 4 nitrogen and oxygen atoms in total. The standard InChI is InChI=1S/C25H24N2O2/c1-3-28-22-14-20-18-10-6-7-11-19(18)23(22)25(27(20)2)15-26-24-17-9-5-4-8-16(17)12-13-21(24)29-25/h4-13,15,20,22-23H,3,14H2,1-2H3/t20-,22+,23-,25?/m1/s1. The van der Waals surface area contributed by atoms with E-state index in [-0.39, 0.29) is 18.1 Å². The number of ether oxygens (including phenoxy) is 2. The molecule has 0 radical (unpaired) electrons. The van der Waals surface area contributed by atoms with E-state index in [1.807, 2.05) is 6.21 Å². The molecule has 4 aliphatic rings. The van der Waals surface area contributed by atoms with Crippen molar-refractivity contribution in [2.24, 2.45) is 4.99 Å². The molecule has 3 aromatic carbocycles. The van der Waals surface area contributed by atoms with Gasteiger partial charge in [-0.2, -0.15) is 0 Å². The van der Waals surface area contributed by atoms with E-state index in [2.05, 4.69) is 79.5 Å². The molecule has 3 heterocycles. The minimum atomic E-state index is -0.632.